The first-order chi connectivity index (χ1) is 14.8. The molecule has 0 aliphatic rings. The average Bonchev–Trinajstić information content (AvgIpc) is 2.79. The summed E-state index contributed by atoms with van der Waals surface area (Å²) in [5, 5.41) is 0. The van der Waals surface area contributed by atoms with Gasteiger partial charge in [0, 0.05) is 25.3 Å². The van der Waals surface area contributed by atoms with Crippen molar-refractivity contribution in [2.45, 2.75) is 26.7 Å². The van der Waals surface area contributed by atoms with Crippen LogP contribution in [0.4, 0.5) is 0 Å². The fourth-order valence-electron chi connectivity index (χ4n) is 0.990. The molecule has 0 rings (SSSR count). The van der Waals surface area contributed by atoms with Crippen molar-refractivity contribution in [3.8, 4) is 0 Å². The van der Waals surface area contributed by atoms with Crippen LogP contribution in [0.15, 0.2) is 50.8 Å². The molecule has 9 heteroatoms. The van der Waals surface area contributed by atoms with Gasteiger partial charge in [0.1, 0.15) is 13.2 Å². The highest BCUT2D eigenvalue weighted by Gasteiger charge is 1.92. The van der Waals surface area contributed by atoms with Gasteiger partial charge >= 0.3 is 17.9 Å². The molecule has 0 aliphatic carbocycles. The van der Waals surface area contributed by atoms with Crippen LogP contribution in [0.1, 0.15) is 26.7 Å². The monoisotopic (exact) mass is 464 g/mol. The number of carbonyl (C=O) groups excluding carboxylic acids is 3. The summed E-state index contributed by atoms with van der Waals surface area (Å²) in [5.41, 5.74) is 0. The third-order valence-corrected chi connectivity index (χ3v) is 2.53. The smallest absolute Gasteiger partial charge is 0.330 e. The van der Waals surface area contributed by atoms with Gasteiger partial charge in [0.15, 0.2) is 0 Å². The number of unbranched alkanes of at least 4 members (excludes halogenated alkanes) is 1. The molecular weight excluding hydrogens is 428 g/mol. The van der Waals surface area contributed by atoms with Crippen LogP contribution in [-0.4, -0.2) is 63.9 Å². The summed E-state index contributed by atoms with van der Waals surface area (Å²) in [4.78, 5) is 30.7. The second-order valence-corrected chi connectivity index (χ2v) is 5.15. The van der Waals surface area contributed by atoms with Crippen LogP contribution in [0.2, 0.25) is 0 Å². The fraction of sp³-hybridized carbons (Fsp3) is 0.500. The first-order valence-corrected chi connectivity index (χ1v) is 10.0. The van der Waals surface area contributed by atoms with Gasteiger partial charge in [-0.3, -0.25) is 0 Å². The van der Waals surface area contributed by atoms with E-state index in [2.05, 4.69) is 50.0 Å². The van der Waals surface area contributed by atoms with E-state index in [1.807, 2.05) is 6.92 Å². The predicted octanol–water partition coefficient (Wildman–Crippen LogP) is 4.00. The van der Waals surface area contributed by atoms with Gasteiger partial charge < -0.3 is 23.7 Å². The Morgan fingerprint density at radius 2 is 1.26 bits per heavy atom. The second-order valence-electron chi connectivity index (χ2n) is 4.77. The number of hydrogen-bond donors (Lipinski definition) is 0. The molecule has 0 saturated heterocycles. The van der Waals surface area contributed by atoms with Crippen LogP contribution in [0.25, 0.3) is 0 Å². The number of methoxy groups -OCH3 is 1. The lowest BCUT2D eigenvalue weighted by atomic mass is 10.4. The van der Waals surface area contributed by atoms with Crippen molar-refractivity contribution in [2.75, 3.05) is 46.0 Å². The minimum Gasteiger partial charge on any atom is -0.501 e. The van der Waals surface area contributed by atoms with E-state index < -0.39 is 5.97 Å². The van der Waals surface area contributed by atoms with Crippen LogP contribution in [0, 0.1) is 0 Å². The first-order valence-electron chi connectivity index (χ1n) is 9.49. The van der Waals surface area contributed by atoms with Crippen LogP contribution in [-0.2, 0) is 38.1 Å². The molecule has 0 spiro atoms. The maximum absolute atomic E-state index is 10.3. The predicted molar refractivity (Wildman–Crippen MR) is 123 cm³/mol. The normalized spacial score (nSPS) is 8.13. The van der Waals surface area contributed by atoms with E-state index in [0.29, 0.717) is 38.9 Å². The van der Waals surface area contributed by atoms with Gasteiger partial charge in [0.05, 0.1) is 32.0 Å². The lowest BCUT2D eigenvalue weighted by molar-refractivity contribution is -0.139. The molecule has 0 fully saturated rings. The Balaban J connectivity index is -0.000000159. The van der Waals surface area contributed by atoms with E-state index in [9.17, 15) is 14.4 Å². The van der Waals surface area contributed by atoms with Crippen molar-refractivity contribution < 1.29 is 38.1 Å². The van der Waals surface area contributed by atoms with Gasteiger partial charge in [-0.25, -0.2) is 14.4 Å². The highest BCUT2D eigenvalue weighted by Crippen LogP contribution is 1.88. The van der Waals surface area contributed by atoms with Crippen LogP contribution >= 0.6 is 11.6 Å². The van der Waals surface area contributed by atoms with Gasteiger partial charge in [-0.1, -0.05) is 39.7 Å². The highest BCUT2D eigenvalue weighted by atomic mass is 35.5. The van der Waals surface area contributed by atoms with Gasteiger partial charge in [0.2, 0.25) is 0 Å². The summed E-state index contributed by atoms with van der Waals surface area (Å²) in [6, 6.07) is 0. The number of esters is 3. The topological polar surface area (TPSA) is 97.4 Å². The number of halogens is 1. The molecule has 8 nitrogen and oxygen atoms in total. The molecule has 0 amide bonds. The molecule has 0 saturated carbocycles. The molecule has 31 heavy (non-hydrogen) atoms. The lowest BCUT2D eigenvalue weighted by Gasteiger charge is -1.98. The third-order valence-electron chi connectivity index (χ3n) is 2.37. The molecule has 0 aromatic rings. The Labute approximate surface area is 191 Å². The van der Waals surface area contributed by atoms with Gasteiger partial charge in [-0.15, -0.1) is 11.6 Å². The number of hydrogen-bond acceptors (Lipinski definition) is 8. The first kappa shape index (κ1) is 35.8. The maximum atomic E-state index is 10.3. The molecule has 0 aliphatic heterocycles. The van der Waals surface area contributed by atoms with Crippen LogP contribution < -0.4 is 0 Å². The highest BCUT2D eigenvalue weighted by molar-refractivity contribution is 6.17. The number of ether oxygens (including phenoxy) is 5. The fourth-order valence-corrected chi connectivity index (χ4v) is 1.08. The molecule has 0 unspecified atom stereocenters. The maximum Gasteiger partial charge on any atom is 0.330 e. The Morgan fingerprint density at radius 1 is 0.774 bits per heavy atom. The summed E-state index contributed by atoms with van der Waals surface area (Å²) in [7, 11) is 1.54. The van der Waals surface area contributed by atoms with E-state index in [1.165, 1.54) is 12.3 Å². The van der Waals surface area contributed by atoms with E-state index in [-0.39, 0.29) is 11.9 Å². The molecular formula is C22H37ClO8. The van der Waals surface area contributed by atoms with E-state index in [0.717, 1.165) is 25.0 Å². The van der Waals surface area contributed by atoms with Crippen molar-refractivity contribution in [1.29, 1.82) is 0 Å². The Bertz CT molecular complexity index is 452. The number of alkyl halides is 1. The number of carbonyl (C=O) groups is 3. The van der Waals surface area contributed by atoms with Gasteiger partial charge in [-0.05, 0) is 13.3 Å². The minimum atomic E-state index is -0.410. The molecule has 0 N–H and O–H groups in total. The minimum absolute atomic E-state index is 0.293. The second kappa shape index (κ2) is 34.9. The van der Waals surface area contributed by atoms with Gasteiger partial charge in [0.25, 0.3) is 0 Å². The summed E-state index contributed by atoms with van der Waals surface area (Å²) >= 11 is 5.21. The standard InChI is InChI=1S/C7H12O2.C6H10O3.C5H8O2.C4H7ClO/c1-3-5-6-9-7(8)4-2;1-3-6(7)9-5-4-8-2;1-3-5(6)7-4-2;1-2-6-4-3-5/h4H,2-3,5-6H2,1H3;3H,1,4-5H2,2H3;3H,1,4H2,2H3;2H,1,3-4H2. The van der Waals surface area contributed by atoms with Crippen molar-refractivity contribution in [3.05, 3.63) is 50.8 Å². The molecule has 0 aromatic heterocycles. The zero-order chi connectivity index (χ0) is 24.8. The van der Waals surface area contributed by atoms with Gasteiger partial charge in [-0.2, -0.15) is 0 Å². The third kappa shape index (κ3) is 47.0. The molecule has 0 atom stereocenters. The van der Waals surface area contributed by atoms with E-state index in [1.54, 1.807) is 14.0 Å². The SMILES string of the molecule is C=CC(=O)OCC.C=CC(=O)OCCCC.C=CC(=O)OCCOC.C=COCCCl. The molecule has 0 radical (unpaired) electrons. The van der Waals surface area contributed by atoms with E-state index in [4.69, 9.17) is 11.6 Å². The Morgan fingerprint density at radius 3 is 1.55 bits per heavy atom. The summed E-state index contributed by atoms with van der Waals surface area (Å²) in [6.07, 6.45) is 6.79. The quantitative estimate of drug-likeness (QED) is 0.101. The zero-order valence-corrected chi connectivity index (χ0v) is 19.7. The molecule has 0 bridgehead atoms. The van der Waals surface area contributed by atoms with Crippen molar-refractivity contribution in [3.63, 3.8) is 0 Å². The summed E-state index contributed by atoms with van der Waals surface area (Å²) < 4.78 is 22.9. The van der Waals surface area contributed by atoms with Crippen molar-refractivity contribution >= 4 is 29.5 Å². The largest absolute Gasteiger partial charge is 0.501 e. The molecule has 0 aromatic carbocycles. The van der Waals surface area contributed by atoms with Crippen LogP contribution in [0.5, 0.6) is 0 Å². The average molecular weight is 465 g/mol. The van der Waals surface area contributed by atoms with Crippen molar-refractivity contribution in [2.24, 2.45) is 0 Å². The van der Waals surface area contributed by atoms with E-state index >= 15 is 0 Å². The zero-order valence-electron chi connectivity index (χ0n) is 18.9. The summed E-state index contributed by atoms with van der Waals surface area (Å²) in [6.45, 7) is 19.0. The lowest BCUT2D eigenvalue weighted by Crippen LogP contribution is -2.06. The Kier molecular flexibility index (Phi) is 40.3. The van der Waals surface area contributed by atoms with Crippen LogP contribution in [0.3, 0.4) is 0 Å². The molecule has 0 heterocycles. The summed E-state index contributed by atoms with van der Waals surface area (Å²) in [5.74, 6) is -0.565. The van der Waals surface area contributed by atoms with Crippen molar-refractivity contribution in [1.82, 2.24) is 0 Å². The molecule has 180 valence electrons. The Hall–Kier alpha value is -2.58. The number of rotatable bonds is 13.